The molecule has 2 N–H and O–H groups in total. The number of halogens is 1. The van der Waals surface area contributed by atoms with Gasteiger partial charge < -0.3 is 15.0 Å². The van der Waals surface area contributed by atoms with Crippen LogP contribution in [0, 0.1) is 0 Å². The number of pyridine rings is 1. The number of benzene rings is 2. The van der Waals surface area contributed by atoms with Gasteiger partial charge in [-0.1, -0.05) is 11.6 Å². The smallest absolute Gasteiger partial charge is 0.328 e. The van der Waals surface area contributed by atoms with E-state index in [4.69, 9.17) is 16.3 Å². The number of carbonyl (C=O) groups excluding carboxylic acids is 1. The number of nitrogens with zero attached hydrogens (tertiary/aromatic N) is 2. The first-order chi connectivity index (χ1) is 14.9. The zero-order valence-corrected chi connectivity index (χ0v) is 17.1. The van der Waals surface area contributed by atoms with Crippen LogP contribution in [0.3, 0.4) is 0 Å². The summed E-state index contributed by atoms with van der Waals surface area (Å²) in [4.78, 5) is 43.8. The molecule has 0 spiro atoms. The third kappa shape index (κ3) is 4.34. The third-order valence-corrected chi connectivity index (χ3v) is 4.84. The number of amides is 1. The zero-order valence-electron chi connectivity index (χ0n) is 16.4. The molecule has 156 valence electrons. The van der Waals surface area contributed by atoms with Crippen molar-refractivity contribution in [1.29, 1.82) is 0 Å². The summed E-state index contributed by atoms with van der Waals surface area (Å²) in [6, 6.07) is 14.7. The van der Waals surface area contributed by atoms with E-state index in [2.05, 4.69) is 15.3 Å². The van der Waals surface area contributed by atoms with E-state index in [0.717, 1.165) is 4.57 Å². The Labute approximate surface area is 181 Å². The van der Waals surface area contributed by atoms with Gasteiger partial charge in [0.25, 0.3) is 11.5 Å². The number of aromatic nitrogens is 3. The maximum atomic E-state index is 12.6. The lowest BCUT2D eigenvalue weighted by Gasteiger charge is -2.08. The lowest BCUT2D eigenvalue weighted by molar-refractivity contribution is 0.102. The summed E-state index contributed by atoms with van der Waals surface area (Å²) in [5.41, 5.74) is 0.144. The van der Waals surface area contributed by atoms with Crippen molar-refractivity contribution in [2.45, 2.75) is 13.5 Å². The molecule has 1 amide bonds. The molecule has 0 radical (unpaired) electrons. The number of ether oxygens (including phenoxy) is 1. The average Bonchev–Trinajstić information content (AvgIpc) is 2.76. The minimum atomic E-state index is -0.516. The monoisotopic (exact) mass is 436 g/mol. The van der Waals surface area contributed by atoms with Gasteiger partial charge in [-0.25, -0.2) is 9.78 Å². The molecule has 0 aliphatic rings. The van der Waals surface area contributed by atoms with E-state index in [-0.39, 0.29) is 6.54 Å². The highest BCUT2D eigenvalue weighted by Gasteiger charge is 2.11. The molecule has 2 aromatic carbocycles. The van der Waals surface area contributed by atoms with Crippen LogP contribution < -0.4 is 21.3 Å². The maximum absolute atomic E-state index is 12.6. The van der Waals surface area contributed by atoms with Crippen molar-refractivity contribution in [2.75, 3.05) is 5.32 Å². The molecule has 0 fully saturated rings. The minimum absolute atomic E-state index is 0.261. The maximum Gasteiger partial charge on any atom is 0.328 e. The summed E-state index contributed by atoms with van der Waals surface area (Å²) in [7, 11) is 0. The number of rotatable bonds is 5. The molecule has 0 aliphatic heterocycles. The third-order valence-electron chi connectivity index (χ3n) is 4.59. The highest BCUT2D eigenvalue weighted by atomic mass is 35.5. The Bertz CT molecular complexity index is 1380. The summed E-state index contributed by atoms with van der Waals surface area (Å²) in [6.45, 7) is 1.97. The number of fused-ring (bicyclic) bond motifs is 1. The predicted octanol–water partition coefficient (Wildman–Crippen LogP) is 3.80. The second-order valence-electron chi connectivity index (χ2n) is 6.64. The lowest BCUT2D eigenvalue weighted by Crippen LogP contribution is -2.34. The Morgan fingerprint density at radius 1 is 1.13 bits per heavy atom. The number of nitrogens with one attached hydrogen (secondary N) is 2. The van der Waals surface area contributed by atoms with Crippen molar-refractivity contribution in [2.24, 2.45) is 0 Å². The molecule has 0 saturated carbocycles. The second-order valence-corrected chi connectivity index (χ2v) is 7.07. The van der Waals surface area contributed by atoms with Crippen molar-refractivity contribution >= 4 is 34.1 Å². The van der Waals surface area contributed by atoms with Crippen LogP contribution in [0.25, 0.3) is 10.9 Å². The van der Waals surface area contributed by atoms with Gasteiger partial charge in [0.2, 0.25) is 5.88 Å². The SMILES string of the molecule is CCn1c(=O)[nH]c2cc(C(=O)Nc3ccc(Oc4ccc(Cl)cc4)nc3)ccc2c1=O. The van der Waals surface area contributed by atoms with E-state index in [9.17, 15) is 14.4 Å². The topological polar surface area (TPSA) is 106 Å². The molecule has 0 atom stereocenters. The Morgan fingerprint density at radius 3 is 2.58 bits per heavy atom. The van der Waals surface area contributed by atoms with E-state index in [0.29, 0.717) is 38.8 Å². The Kier molecular flexibility index (Phi) is 5.55. The van der Waals surface area contributed by atoms with Gasteiger partial charge in [0.05, 0.1) is 22.8 Å². The standard InChI is InChI=1S/C22H17ClN4O4/c1-2-27-21(29)17-9-3-13(11-18(17)26-22(27)30)20(28)25-15-6-10-19(24-12-15)31-16-7-4-14(23)5-8-16/h3-12H,2H2,1H3,(H,25,28)(H,26,30). The van der Waals surface area contributed by atoms with Crippen LogP contribution in [0.1, 0.15) is 17.3 Å². The van der Waals surface area contributed by atoms with Gasteiger partial charge in [-0.2, -0.15) is 0 Å². The lowest BCUT2D eigenvalue weighted by atomic mass is 10.1. The number of anilines is 1. The van der Waals surface area contributed by atoms with Crippen LogP contribution in [-0.2, 0) is 6.54 Å². The van der Waals surface area contributed by atoms with Gasteiger partial charge in [0, 0.05) is 23.2 Å². The molecule has 9 heteroatoms. The fraction of sp³-hybridized carbons (Fsp3) is 0.0909. The molecule has 2 aromatic heterocycles. The first-order valence-electron chi connectivity index (χ1n) is 9.42. The summed E-state index contributed by atoms with van der Waals surface area (Å²) >= 11 is 5.85. The van der Waals surface area contributed by atoms with Crippen LogP contribution in [0.4, 0.5) is 5.69 Å². The number of aromatic amines is 1. The molecule has 4 rings (SSSR count). The van der Waals surface area contributed by atoms with Crippen LogP contribution in [0.5, 0.6) is 11.6 Å². The molecule has 0 unspecified atom stereocenters. The van der Waals surface area contributed by atoms with Gasteiger partial charge in [-0.05, 0) is 55.5 Å². The number of H-pyrrole nitrogens is 1. The van der Waals surface area contributed by atoms with Crippen LogP contribution >= 0.6 is 11.6 Å². The first-order valence-corrected chi connectivity index (χ1v) is 9.80. The van der Waals surface area contributed by atoms with Gasteiger partial charge >= 0.3 is 5.69 Å². The normalized spacial score (nSPS) is 10.8. The number of hydrogen-bond acceptors (Lipinski definition) is 5. The van der Waals surface area contributed by atoms with Crippen LogP contribution in [0.15, 0.2) is 70.4 Å². The fourth-order valence-corrected chi connectivity index (χ4v) is 3.15. The van der Waals surface area contributed by atoms with Gasteiger partial charge in [-0.15, -0.1) is 0 Å². The summed E-state index contributed by atoms with van der Waals surface area (Å²) in [5, 5.41) is 3.66. The van der Waals surface area contributed by atoms with E-state index in [1.165, 1.54) is 24.4 Å². The number of carbonyl (C=O) groups is 1. The van der Waals surface area contributed by atoms with Gasteiger partial charge in [0.15, 0.2) is 0 Å². The van der Waals surface area contributed by atoms with Crippen molar-refractivity contribution in [1.82, 2.24) is 14.5 Å². The zero-order chi connectivity index (χ0) is 22.0. The molecule has 4 aromatic rings. The summed E-state index contributed by atoms with van der Waals surface area (Å²) in [5.74, 6) is 0.535. The van der Waals surface area contributed by atoms with Crippen molar-refractivity contribution in [3.63, 3.8) is 0 Å². The average molecular weight is 437 g/mol. The Hall–Kier alpha value is -3.91. The van der Waals surface area contributed by atoms with Crippen LogP contribution in [0.2, 0.25) is 5.02 Å². The van der Waals surface area contributed by atoms with Crippen molar-refractivity contribution < 1.29 is 9.53 Å². The highest BCUT2D eigenvalue weighted by molar-refractivity contribution is 6.30. The van der Waals surface area contributed by atoms with Crippen molar-refractivity contribution in [3.05, 3.63) is 92.2 Å². The van der Waals surface area contributed by atoms with E-state index >= 15 is 0 Å². The molecule has 0 saturated heterocycles. The predicted molar refractivity (Wildman–Crippen MR) is 118 cm³/mol. The van der Waals surface area contributed by atoms with E-state index < -0.39 is 17.2 Å². The summed E-state index contributed by atoms with van der Waals surface area (Å²) < 4.78 is 6.72. The largest absolute Gasteiger partial charge is 0.439 e. The van der Waals surface area contributed by atoms with Gasteiger partial charge in [-0.3, -0.25) is 14.2 Å². The molecule has 31 heavy (non-hydrogen) atoms. The van der Waals surface area contributed by atoms with E-state index in [1.54, 1.807) is 43.3 Å². The van der Waals surface area contributed by atoms with Crippen LogP contribution in [-0.4, -0.2) is 20.4 Å². The minimum Gasteiger partial charge on any atom is -0.439 e. The van der Waals surface area contributed by atoms with E-state index in [1.807, 2.05) is 0 Å². The highest BCUT2D eigenvalue weighted by Crippen LogP contribution is 2.22. The van der Waals surface area contributed by atoms with Gasteiger partial charge in [0.1, 0.15) is 5.75 Å². The fourth-order valence-electron chi connectivity index (χ4n) is 3.02. The molecular weight excluding hydrogens is 420 g/mol. The molecule has 0 aliphatic carbocycles. The molecule has 8 nitrogen and oxygen atoms in total. The quantitative estimate of drug-likeness (QED) is 0.495. The Balaban J connectivity index is 1.51. The van der Waals surface area contributed by atoms with Crippen molar-refractivity contribution in [3.8, 4) is 11.6 Å². The molecular formula is C22H17ClN4O4. The number of hydrogen-bond donors (Lipinski definition) is 2. The molecule has 2 heterocycles. The molecule has 0 bridgehead atoms. The summed E-state index contributed by atoms with van der Waals surface area (Å²) in [6.07, 6.45) is 1.46. The first kappa shape index (κ1) is 20.4. The second kappa shape index (κ2) is 8.45. The Morgan fingerprint density at radius 2 is 1.90 bits per heavy atom.